The maximum Gasteiger partial charge on any atom is 0.170 e. The normalized spacial score (nSPS) is 16.1. The third-order valence-corrected chi connectivity index (χ3v) is 5.67. The van der Waals surface area contributed by atoms with Gasteiger partial charge in [0.25, 0.3) is 0 Å². The summed E-state index contributed by atoms with van der Waals surface area (Å²) in [5, 5.41) is 13.8. The summed E-state index contributed by atoms with van der Waals surface area (Å²) in [5.41, 5.74) is 2.94. The topological polar surface area (TPSA) is 69.2 Å². The molecule has 0 saturated carbocycles. The SMILES string of the molecule is Fc1ccc2c(C3CCN(CCOn4nnc5ccc(Cl)cc54)CC3)noc2c1. The first-order valence-electron chi connectivity index (χ1n) is 9.59. The van der Waals surface area contributed by atoms with Gasteiger partial charge in [-0.2, -0.15) is 0 Å². The van der Waals surface area contributed by atoms with Gasteiger partial charge in [0.1, 0.15) is 23.5 Å². The lowest BCUT2D eigenvalue weighted by Gasteiger charge is -2.30. The van der Waals surface area contributed by atoms with Crippen molar-refractivity contribution in [2.24, 2.45) is 0 Å². The van der Waals surface area contributed by atoms with Crippen molar-refractivity contribution >= 4 is 33.6 Å². The van der Waals surface area contributed by atoms with Crippen LogP contribution in [0.3, 0.4) is 0 Å². The third kappa shape index (κ3) is 3.65. The molecule has 2 aromatic heterocycles. The van der Waals surface area contributed by atoms with Gasteiger partial charge in [0.15, 0.2) is 5.58 Å². The molecule has 9 heteroatoms. The molecule has 1 aliphatic heterocycles. The molecule has 1 fully saturated rings. The Kier molecular flexibility index (Phi) is 4.81. The third-order valence-electron chi connectivity index (χ3n) is 5.43. The fourth-order valence-corrected chi connectivity index (χ4v) is 4.04. The highest BCUT2D eigenvalue weighted by Gasteiger charge is 2.25. The van der Waals surface area contributed by atoms with E-state index in [9.17, 15) is 4.39 Å². The van der Waals surface area contributed by atoms with Crippen molar-refractivity contribution in [1.29, 1.82) is 0 Å². The van der Waals surface area contributed by atoms with Crippen LogP contribution in [0.1, 0.15) is 24.5 Å². The largest absolute Gasteiger partial charge is 0.394 e. The number of hydrogen-bond donors (Lipinski definition) is 0. The number of benzene rings is 2. The van der Waals surface area contributed by atoms with Gasteiger partial charge in [-0.25, -0.2) is 4.39 Å². The number of rotatable bonds is 5. The molecule has 0 radical (unpaired) electrons. The highest BCUT2D eigenvalue weighted by molar-refractivity contribution is 6.31. The van der Waals surface area contributed by atoms with E-state index in [4.69, 9.17) is 21.0 Å². The van der Waals surface area contributed by atoms with Crippen LogP contribution < -0.4 is 4.84 Å². The molecule has 2 aromatic carbocycles. The lowest BCUT2D eigenvalue weighted by molar-refractivity contribution is 0.0616. The Morgan fingerprint density at radius 3 is 2.90 bits per heavy atom. The summed E-state index contributed by atoms with van der Waals surface area (Å²) in [6, 6.07) is 9.98. The first kappa shape index (κ1) is 18.3. The molecule has 0 atom stereocenters. The van der Waals surface area contributed by atoms with E-state index in [-0.39, 0.29) is 5.82 Å². The zero-order valence-electron chi connectivity index (χ0n) is 15.6. The van der Waals surface area contributed by atoms with Gasteiger partial charge in [0.2, 0.25) is 0 Å². The van der Waals surface area contributed by atoms with Crippen LogP contribution in [-0.2, 0) is 0 Å². The minimum absolute atomic E-state index is 0.308. The molecule has 0 amide bonds. The zero-order chi connectivity index (χ0) is 19.8. The lowest BCUT2D eigenvalue weighted by atomic mass is 9.91. The second kappa shape index (κ2) is 7.61. The molecule has 1 saturated heterocycles. The summed E-state index contributed by atoms with van der Waals surface area (Å²) in [6.07, 6.45) is 1.95. The number of halogens is 2. The summed E-state index contributed by atoms with van der Waals surface area (Å²) in [6.45, 7) is 3.17. The van der Waals surface area contributed by atoms with Gasteiger partial charge in [-0.1, -0.05) is 21.6 Å². The summed E-state index contributed by atoms with van der Waals surface area (Å²) in [4.78, 5) is 9.54. The van der Waals surface area contributed by atoms with E-state index in [1.807, 2.05) is 6.07 Å². The molecule has 3 heterocycles. The van der Waals surface area contributed by atoms with Crippen molar-refractivity contribution in [3.05, 3.63) is 52.9 Å². The van der Waals surface area contributed by atoms with Crippen molar-refractivity contribution in [3.63, 3.8) is 0 Å². The van der Waals surface area contributed by atoms with Crippen LogP contribution >= 0.6 is 11.6 Å². The predicted molar refractivity (Wildman–Crippen MR) is 106 cm³/mol. The Balaban J connectivity index is 1.16. The summed E-state index contributed by atoms with van der Waals surface area (Å²) in [7, 11) is 0. The van der Waals surface area contributed by atoms with Crippen LogP contribution in [0, 0.1) is 5.82 Å². The first-order chi connectivity index (χ1) is 14.2. The maximum atomic E-state index is 13.3. The highest BCUT2D eigenvalue weighted by Crippen LogP contribution is 2.32. The molecule has 29 heavy (non-hydrogen) atoms. The van der Waals surface area contributed by atoms with E-state index in [2.05, 4.69) is 20.4 Å². The number of likely N-dealkylation sites (tertiary alicyclic amines) is 1. The average Bonchev–Trinajstić information content (AvgIpc) is 3.32. The van der Waals surface area contributed by atoms with Crippen molar-refractivity contribution in [1.82, 2.24) is 25.2 Å². The number of fused-ring (bicyclic) bond motifs is 2. The molecule has 0 N–H and O–H groups in total. The smallest absolute Gasteiger partial charge is 0.170 e. The Morgan fingerprint density at radius 2 is 2.03 bits per heavy atom. The van der Waals surface area contributed by atoms with E-state index < -0.39 is 0 Å². The van der Waals surface area contributed by atoms with Crippen LogP contribution in [0.5, 0.6) is 0 Å². The molecule has 0 aliphatic carbocycles. The van der Waals surface area contributed by atoms with Crippen LogP contribution in [0.4, 0.5) is 4.39 Å². The molecule has 0 unspecified atom stereocenters. The lowest BCUT2D eigenvalue weighted by Crippen LogP contribution is -2.37. The average molecular weight is 416 g/mol. The van der Waals surface area contributed by atoms with Gasteiger partial charge >= 0.3 is 0 Å². The van der Waals surface area contributed by atoms with E-state index in [1.54, 1.807) is 18.2 Å². The van der Waals surface area contributed by atoms with Crippen molar-refractivity contribution < 1.29 is 13.8 Å². The number of aromatic nitrogens is 4. The van der Waals surface area contributed by atoms with Gasteiger partial charge in [0, 0.05) is 28.9 Å². The Labute approximate surface area is 170 Å². The van der Waals surface area contributed by atoms with Crippen molar-refractivity contribution in [3.8, 4) is 0 Å². The van der Waals surface area contributed by atoms with E-state index in [1.165, 1.54) is 17.0 Å². The summed E-state index contributed by atoms with van der Waals surface area (Å²) < 4.78 is 18.7. The fourth-order valence-electron chi connectivity index (χ4n) is 3.88. The molecule has 150 valence electrons. The van der Waals surface area contributed by atoms with Crippen LogP contribution in [-0.4, -0.2) is 51.5 Å². The number of nitrogens with zero attached hydrogens (tertiary/aromatic N) is 5. The van der Waals surface area contributed by atoms with Crippen molar-refractivity contribution in [2.45, 2.75) is 18.8 Å². The van der Waals surface area contributed by atoms with Gasteiger partial charge in [0.05, 0.1) is 5.69 Å². The van der Waals surface area contributed by atoms with Crippen LogP contribution in [0.2, 0.25) is 5.02 Å². The van der Waals surface area contributed by atoms with E-state index in [0.29, 0.717) is 23.1 Å². The zero-order valence-corrected chi connectivity index (χ0v) is 16.3. The molecule has 1 aliphatic rings. The minimum Gasteiger partial charge on any atom is -0.394 e. The molecule has 5 rings (SSSR count). The van der Waals surface area contributed by atoms with E-state index >= 15 is 0 Å². The second-order valence-corrected chi connectivity index (χ2v) is 7.69. The highest BCUT2D eigenvalue weighted by atomic mass is 35.5. The Bertz CT molecular complexity index is 1150. The number of piperidine rings is 1. The van der Waals surface area contributed by atoms with Crippen LogP contribution in [0.25, 0.3) is 22.0 Å². The Morgan fingerprint density at radius 1 is 1.17 bits per heavy atom. The first-order valence-corrected chi connectivity index (χ1v) is 9.96. The van der Waals surface area contributed by atoms with Gasteiger partial charge in [-0.3, -0.25) is 4.90 Å². The summed E-state index contributed by atoms with van der Waals surface area (Å²) >= 11 is 6.04. The molecule has 0 bridgehead atoms. The van der Waals surface area contributed by atoms with Gasteiger partial charge < -0.3 is 9.36 Å². The standard InChI is InChI=1S/C20H19ClFN5O2/c21-14-1-4-17-18(11-14)27(25-23-17)28-10-9-26-7-5-13(6-8-26)20-16-3-2-15(22)12-19(16)29-24-20/h1-4,11-13H,5-10H2. The number of hydrogen-bond acceptors (Lipinski definition) is 6. The molecule has 0 spiro atoms. The van der Waals surface area contributed by atoms with Gasteiger partial charge in [-0.15, -0.1) is 5.10 Å². The predicted octanol–water partition coefficient (Wildman–Crippen LogP) is 3.67. The minimum atomic E-state index is -0.308. The second-order valence-electron chi connectivity index (χ2n) is 7.25. The fraction of sp³-hybridized carbons (Fsp3) is 0.350. The maximum absolute atomic E-state index is 13.3. The van der Waals surface area contributed by atoms with E-state index in [0.717, 1.165) is 54.6 Å². The molecular weight excluding hydrogens is 397 g/mol. The van der Waals surface area contributed by atoms with Gasteiger partial charge in [-0.05, 0) is 61.5 Å². The summed E-state index contributed by atoms with van der Waals surface area (Å²) in [5.74, 6) is 0.0118. The van der Waals surface area contributed by atoms with Crippen LogP contribution in [0.15, 0.2) is 40.9 Å². The monoisotopic (exact) mass is 415 g/mol. The van der Waals surface area contributed by atoms with Crippen molar-refractivity contribution in [2.75, 3.05) is 26.2 Å². The molecule has 7 nitrogen and oxygen atoms in total. The molecule has 4 aromatic rings. The quantitative estimate of drug-likeness (QED) is 0.495. The Hall–Kier alpha value is -2.71. The molecular formula is C20H19ClFN5O2.